The summed E-state index contributed by atoms with van der Waals surface area (Å²) in [5, 5.41) is 5.83. The number of rotatable bonds is 4. The number of fused-ring (bicyclic) bond motifs is 1. The predicted molar refractivity (Wildman–Crippen MR) is 79.0 cm³/mol. The highest BCUT2D eigenvalue weighted by Crippen LogP contribution is 2.28. The average Bonchev–Trinajstić information content (AvgIpc) is 2.93. The van der Waals surface area contributed by atoms with Gasteiger partial charge in [0.1, 0.15) is 5.76 Å². The second kappa shape index (κ2) is 5.29. The predicted octanol–water partition coefficient (Wildman–Crippen LogP) is 4.21. The molecule has 0 aliphatic carbocycles. The van der Waals surface area contributed by atoms with Crippen LogP contribution in [0.25, 0.3) is 21.9 Å². The molecule has 0 aliphatic rings. The Hall–Kier alpha value is -2.06. The molecule has 0 saturated carbocycles. The molecule has 96 valence electrons. The van der Waals surface area contributed by atoms with Gasteiger partial charge in [0.05, 0.1) is 12.8 Å². The fourth-order valence-electron chi connectivity index (χ4n) is 2.33. The molecular formula is C17H17NO. The minimum Gasteiger partial charge on any atom is -0.467 e. The fourth-order valence-corrected chi connectivity index (χ4v) is 2.33. The summed E-state index contributed by atoms with van der Waals surface area (Å²) in [6, 6.07) is 17.0. The number of hydrogen-bond acceptors (Lipinski definition) is 2. The summed E-state index contributed by atoms with van der Waals surface area (Å²) in [5.74, 6) is 0.997. The SMILES string of the molecule is CCNCc1occc1-c1ccc2ccccc2c1. The van der Waals surface area contributed by atoms with E-state index in [0.29, 0.717) is 0 Å². The van der Waals surface area contributed by atoms with Crippen molar-refractivity contribution in [1.82, 2.24) is 5.32 Å². The molecule has 3 rings (SSSR count). The van der Waals surface area contributed by atoms with E-state index in [0.717, 1.165) is 18.8 Å². The molecule has 2 heteroatoms. The first-order chi connectivity index (χ1) is 9.38. The minimum atomic E-state index is 0.770. The lowest BCUT2D eigenvalue weighted by Crippen LogP contribution is -2.11. The summed E-state index contributed by atoms with van der Waals surface area (Å²) < 4.78 is 5.57. The Kier molecular flexibility index (Phi) is 3.34. The van der Waals surface area contributed by atoms with Crippen molar-refractivity contribution in [2.45, 2.75) is 13.5 Å². The summed E-state index contributed by atoms with van der Waals surface area (Å²) in [5.41, 5.74) is 2.38. The van der Waals surface area contributed by atoms with E-state index in [4.69, 9.17) is 4.42 Å². The van der Waals surface area contributed by atoms with Gasteiger partial charge in [-0.25, -0.2) is 0 Å². The molecule has 0 unspecified atom stereocenters. The van der Waals surface area contributed by atoms with Gasteiger partial charge in [-0.05, 0) is 35.0 Å². The first-order valence-corrected chi connectivity index (χ1v) is 6.64. The van der Waals surface area contributed by atoms with Crippen LogP contribution in [0.15, 0.2) is 59.2 Å². The van der Waals surface area contributed by atoms with Gasteiger partial charge in [0, 0.05) is 5.56 Å². The fraction of sp³-hybridized carbons (Fsp3) is 0.176. The molecule has 2 nitrogen and oxygen atoms in total. The van der Waals surface area contributed by atoms with Crippen molar-refractivity contribution in [1.29, 1.82) is 0 Å². The Morgan fingerprint density at radius 1 is 1.00 bits per heavy atom. The molecule has 1 N–H and O–H groups in total. The highest BCUT2D eigenvalue weighted by atomic mass is 16.3. The van der Waals surface area contributed by atoms with Gasteiger partial charge >= 0.3 is 0 Å². The highest BCUT2D eigenvalue weighted by molar-refractivity contribution is 5.87. The molecule has 2 aromatic carbocycles. The summed E-state index contributed by atoms with van der Waals surface area (Å²) in [6.07, 6.45) is 1.76. The van der Waals surface area contributed by atoms with Gasteiger partial charge in [0.2, 0.25) is 0 Å². The van der Waals surface area contributed by atoms with Crippen molar-refractivity contribution < 1.29 is 4.42 Å². The smallest absolute Gasteiger partial charge is 0.125 e. The Labute approximate surface area is 113 Å². The first kappa shape index (κ1) is 12.0. The van der Waals surface area contributed by atoms with Crippen molar-refractivity contribution in [3.05, 3.63) is 60.6 Å². The highest BCUT2D eigenvalue weighted by Gasteiger charge is 2.08. The number of benzene rings is 2. The maximum absolute atomic E-state index is 5.57. The lowest BCUT2D eigenvalue weighted by atomic mass is 10.0. The Morgan fingerprint density at radius 3 is 2.68 bits per heavy atom. The average molecular weight is 251 g/mol. The maximum Gasteiger partial charge on any atom is 0.125 e. The largest absolute Gasteiger partial charge is 0.467 e. The minimum absolute atomic E-state index is 0.770. The Morgan fingerprint density at radius 2 is 1.84 bits per heavy atom. The lowest BCUT2D eigenvalue weighted by Gasteiger charge is -2.05. The number of furan rings is 1. The lowest BCUT2D eigenvalue weighted by molar-refractivity contribution is 0.489. The van der Waals surface area contributed by atoms with Gasteiger partial charge in [-0.2, -0.15) is 0 Å². The van der Waals surface area contributed by atoms with Crippen LogP contribution in [-0.4, -0.2) is 6.54 Å². The van der Waals surface area contributed by atoms with Crippen LogP contribution in [0.5, 0.6) is 0 Å². The van der Waals surface area contributed by atoms with E-state index in [1.54, 1.807) is 6.26 Å². The van der Waals surface area contributed by atoms with Crippen molar-refractivity contribution in [3.63, 3.8) is 0 Å². The zero-order chi connectivity index (χ0) is 13.1. The molecule has 0 fully saturated rings. The standard InChI is InChI=1S/C17H17NO/c1-2-18-12-17-16(9-10-19-17)15-8-7-13-5-3-4-6-14(13)11-15/h3-11,18H,2,12H2,1H3. The summed E-state index contributed by atoms with van der Waals surface area (Å²) in [4.78, 5) is 0. The van der Waals surface area contributed by atoms with Crippen molar-refractivity contribution >= 4 is 10.8 Å². The van der Waals surface area contributed by atoms with E-state index in [-0.39, 0.29) is 0 Å². The van der Waals surface area contributed by atoms with E-state index in [1.807, 2.05) is 6.07 Å². The van der Waals surface area contributed by atoms with Gasteiger partial charge in [0.25, 0.3) is 0 Å². The number of nitrogens with one attached hydrogen (secondary N) is 1. The zero-order valence-corrected chi connectivity index (χ0v) is 11.0. The third kappa shape index (κ3) is 2.40. The number of hydrogen-bond donors (Lipinski definition) is 1. The van der Waals surface area contributed by atoms with Crippen molar-refractivity contribution in [2.24, 2.45) is 0 Å². The second-order valence-electron chi connectivity index (χ2n) is 4.60. The van der Waals surface area contributed by atoms with E-state index >= 15 is 0 Å². The third-order valence-electron chi connectivity index (χ3n) is 3.34. The molecule has 19 heavy (non-hydrogen) atoms. The van der Waals surface area contributed by atoms with Gasteiger partial charge in [-0.15, -0.1) is 0 Å². The molecule has 0 radical (unpaired) electrons. The normalized spacial score (nSPS) is 11.0. The zero-order valence-electron chi connectivity index (χ0n) is 11.0. The van der Waals surface area contributed by atoms with Crippen LogP contribution in [-0.2, 0) is 6.54 Å². The molecule has 1 heterocycles. The molecule has 0 saturated heterocycles. The topological polar surface area (TPSA) is 25.2 Å². The Bertz CT molecular complexity index is 684. The van der Waals surface area contributed by atoms with E-state index < -0.39 is 0 Å². The van der Waals surface area contributed by atoms with E-state index in [1.165, 1.54) is 21.9 Å². The summed E-state index contributed by atoms with van der Waals surface area (Å²) in [6.45, 7) is 3.81. The second-order valence-corrected chi connectivity index (χ2v) is 4.60. The van der Waals surface area contributed by atoms with Crippen LogP contribution in [0.1, 0.15) is 12.7 Å². The first-order valence-electron chi connectivity index (χ1n) is 6.64. The van der Waals surface area contributed by atoms with E-state index in [2.05, 4.69) is 54.7 Å². The Balaban J connectivity index is 2.01. The molecule has 0 spiro atoms. The van der Waals surface area contributed by atoms with Crippen LogP contribution >= 0.6 is 0 Å². The monoisotopic (exact) mass is 251 g/mol. The molecule has 0 atom stereocenters. The summed E-state index contributed by atoms with van der Waals surface area (Å²) in [7, 11) is 0. The van der Waals surface area contributed by atoms with Gasteiger partial charge in [0.15, 0.2) is 0 Å². The van der Waals surface area contributed by atoms with Gasteiger partial charge < -0.3 is 9.73 Å². The van der Waals surface area contributed by atoms with Crippen LogP contribution in [0.3, 0.4) is 0 Å². The van der Waals surface area contributed by atoms with Crippen LogP contribution in [0.4, 0.5) is 0 Å². The summed E-state index contributed by atoms with van der Waals surface area (Å²) >= 11 is 0. The van der Waals surface area contributed by atoms with Crippen molar-refractivity contribution in [3.8, 4) is 11.1 Å². The van der Waals surface area contributed by atoms with Gasteiger partial charge in [-0.1, -0.05) is 43.3 Å². The van der Waals surface area contributed by atoms with Crippen LogP contribution < -0.4 is 5.32 Å². The molecule has 0 bridgehead atoms. The van der Waals surface area contributed by atoms with Crippen LogP contribution in [0, 0.1) is 0 Å². The molecular weight excluding hydrogens is 234 g/mol. The maximum atomic E-state index is 5.57. The molecule has 1 aromatic heterocycles. The quantitative estimate of drug-likeness (QED) is 0.751. The molecule has 3 aromatic rings. The van der Waals surface area contributed by atoms with Gasteiger partial charge in [-0.3, -0.25) is 0 Å². The third-order valence-corrected chi connectivity index (χ3v) is 3.34. The molecule has 0 amide bonds. The van der Waals surface area contributed by atoms with Crippen LogP contribution in [0.2, 0.25) is 0 Å². The van der Waals surface area contributed by atoms with E-state index in [9.17, 15) is 0 Å². The molecule has 0 aliphatic heterocycles. The van der Waals surface area contributed by atoms with Crippen molar-refractivity contribution in [2.75, 3.05) is 6.54 Å².